The van der Waals surface area contributed by atoms with Gasteiger partial charge in [-0.2, -0.15) is 18.0 Å². The van der Waals surface area contributed by atoms with Crippen LogP contribution in [0.15, 0.2) is 49.2 Å². The van der Waals surface area contributed by atoms with Crippen LogP contribution in [0.4, 0.5) is 26.1 Å². The summed E-state index contributed by atoms with van der Waals surface area (Å²) in [5, 5.41) is 24.7. The van der Waals surface area contributed by atoms with E-state index in [0.717, 1.165) is 16.9 Å². The number of hydrogen-bond donors (Lipinski definition) is 3. The molecule has 4 aromatic heterocycles. The largest absolute Gasteiger partial charge is 0.415 e. The zero-order chi connectivity index (χ0) is 29.5. The summed E-state index contributed by atoms with van der Waals surface area (Å²) >= 11 is 0. The van der Waals surface area contributed by atoms with Gasteiger partial charge < -0.3 is 20.5 Å². The molecule has 2 fully saturated rings. The smallest absolute Gasteiger partial charge is 0.388 e. The summed E-state index contributed by atoms with van der Waals surface area (Å²) in [6.07, 6.45) is 11.4. The van der Waals surface area contributed by atoms with Crippen molar-refractivity contribution in [1.82, 2.24) is 33.9 Å². The first-order chi connectivity index (χ1) is 20.1. The zero-order valence-corrected chi connectivity index (χ0v) is 23.4. The van der Waals surface area contributed by atoms with Crippen LogP contribution in [0.5, 0.6) is 5.88 Å². The number of nitrogens with one attached hydrogen (secondary N) is 2. The summed E-state index contributed by atoms with van der Waals surface area (Å²) < 4.78 is 57.2. The van der Waals surface area contributed by atoms with Crippen molar-refractivity contribution in [2.45, 2.75) is 69.0 Å². The maximum Gasteiger partial charge on any atom is 0.388 e. The van der Waals surface area contributed by atoms with Crippen molar-refractivity contribution >= 4 is 27.3 Å². The molecule has 4 heterocycles. The van der Waals surface area contributed by atoms with Gasteiger partial charge in [0.15, 0.2) is 5.82 Å². The number of aromatic nitrogens is 7. The fourth-order valence-corrected chi connectivity index (χ4v) is 6.27. The Morgan fingerprint density at radius 1 is 1.12 bits per heavy atom. The third kappa shape index (κ3) is 6.18. The standard InChI is InChI=1S/C26H29F2N9O4S/c1-26(38)8-4-17(5-9-26)32-19-12-22(30-14-20(19)36-11-7-23(35-36)41-25(27)28)33-21-6-10-29-24(34-21)16-13-31-37(15-16)42(39,40)18-2-3-18/h6-7,10-15,17-18,25,38H,2-5,8-9H2,1H3,(H2,29,30,32,33,34). The molecule has 0 amide bonds. The fraction of sp³-hybridized carbons (Fsp3) is 0.423. The van der Waals surface area contributed by atoms with E-state index in [1.165, 1.54) is 41.7 Å². The first-order valence-corrected chi connectivity index (χ1v) is 15.0. The molecular weight excluding hydrogens is 572 g/mol. The predicted molar refractivity (Wildman–Crippen MR) is 148 cm³/mol. The second kappa shape index (κ2) is 10.9. The number of rotatable bonds is 10. The molecule has 3 N–H and O–H groups in total. The Morgan fingerprint density at radius 3 is 2.64 bits per heavy atom. The summed E-state index contributed by atoms with van der Waals surface area (Å²) in [4.78, 5) is 13.2. The van der Waals surface area contributed by atoms with Crippen LogP contribution in [0.3, 0.4) is 0 Å². The zero-order valence-electron chi connectivity index (χ0n) is 22.6. The minimum Gasteiger partial charge on any atom is -0.415 e. The van der Waals surface area contributed by atoms with Gasteiger partial charge >= 0.3 is 6.61 Å². The molecule has 0 aromatic carbocycles. The van der Waals surface area contributed by atoms with Gasteiger partial charge in [0.2, 0.25) is 5.88 Å². The Kier molecular flexibility index (Phi) is 7.26. The molecule has 2 saturated carbocycles. The molecule has 2 aliphatic carbocycles. The lowest BCUT2D eigenvalue weighted by Crippen LogP contribution is -2.36. The fourth-order valence-electron chi connectivity index (χ4n) is 4.79. The Hall–Kier alpha value is -4.18. The van der Waals surface area contributed by atoms with Crippen LogP contribution >= 0.6 is 0 Å². The van der Waals surface area contributed by atoms with Gasteiger partial charge in [-0.25, -0.2) is 28.1 Å². The normalized spacial score (nSPS) is 20.9. The molecule has 4 aromatic rings. The average molecular weight is 602 g/mol. The molecule has 0 unspecified atom stereocenters. The van der Waals surface area contributed by atoms with Gasteiger partial charge in [-0.3, -0.25) is 0 Å². The van der Waals surface area contributed by atoms with Crippen LogP contribution in [-0.4, -0.2) is 70.9 Å². The van der Waals surface area contributed by atoms with Crippen molar-refractivity contribution in [1.29, 1.82) is 0 Å². The maximum atomic E-state index is 12.7. The van der Waals surface area contributed by atoms with E-state index in [1.807, 2.05) is 6.92 Å². The van der Waals surface area contributed by atoms with E-state index in [-0.39, 0.29) is 17.7 Å². The summed E-state index contributed by atoms with van der Waals surface area (Å²) in [7, 11) is -3.52. The lowest BCUT2D eigenvalue weighted by atomic mass is 9.83. The summed E-state index contributed by atoms with van der Waals surface area (Å²) in [5.41, 5.74) is 0.877. The van der Waals surface area contributed by atoms with Crippen LogP contribution in [0.25, 0.3) is 17.1 Å². The van der Waals surface area contributed by atoms with Gasteiger partial charge in [0.05, 0.1) is 40.7 Å². The molecule has 0 bridgehead atoms. The van der Waals surface area contributed by atoms with Crippen molar-refractivity contribution in [2.75, 3.05) is 10.6 Å². The van der Waals surface area contributed by atoms with E-state index in [2.05, 4.69) is 40.5 Å². The van der Waals surface area contributed by atoms with Crippen LogP contribution in [0.1, 0.15) is 45.4 Å². The third-order valence-electron chi connectivity index (χ3n) is 7.26. The lowest BCUT2D eigenvalue weighted by Gasteiger charge is -2.34. The molecule has 6 rings (SSSR count). The molecule has 222 valence electrons. The highest BCUT2D eigenvalue weighted by molar-refractivity contribution is 7.90. The van der Waals surface area contributed by atoms with Gasteiger partial charge in [-0.05, 0) is 51.5 Å². The molecule has 0 aliphatic heterocycles. The molecule has 13 nitrogen and oxygen atoms in total. The Morgan fingerprint density at radius 2 is 1.90 bits per heavy atom. The molecule has 0 radical (unpaired) electrons. The molecule has 0 atom stereocenters. The molecule has 0 saturated heterocycles. The summed E-state index contributed by atoms with van der Waals surface area (Å²) in [6, 6.07) is 4.78. The van der Waals surface area contributed by atoms with Crippen molar-refractivity contribution in [3.05, 3.63) is 49.2 Å². The van der Waals surface area contributed by atoms with Crippen LogP contribution in [0.2, 0.25) is 0 Å². The second-order valence-corrected chi connectivity index (χ2v) is 12.8. The highest BCUT2D eigenvalue weighted by Crippen LogP contribution is 2.33. The van der Waals surface area contributed by atoms with E-state index in [4.69, 9.17) is 0 Å². The van der Waals surface area contributed by atoms with Crippen molar-refractivity contribution in [3.8, 4) is 23.0 Å². The van der Waals surface area contributed by atoms with E-state index in [9.17, 15) is 22.3 Å². The minimum absolute atomic E-state index is 0.0562. The number of hydrogen-bond acceptors (Lipinski definition) is 11. The first-order valence-electron chi connectivity index (χ1n) is 13.5. The molecule has 0 spiro atoms. The number of alkyl halides is 2. The molecule has 2 aliphatic rings. The highest BCUT2D eigenvalue weighted by Gasteiger charge is 2.37. The quantitative estimate of drug-likeness (QED) is 0.243. The van der Waals surface area contributed by atoms with Crippen molar-refractivity contribution in [2.24, 2.45) is 0 Å². The third-order valence-corrected chi connectivity index (χ3v) is 9.30. The van der Waals surface area contributed by atoms with Gasteiger partial charge in [-0.15, -0.1) is 5.10 Å². The number of halogens is 2. The van der Waals surface area contributed by atoms with Gasteiger partial charge in [-0.1, -0.05) is 0 Å². The van der Waals surface area contributed by atoms with E-state index >= 15 is 0 Å². The first kappa shape index (κ1) is 28.0. The average Bonchev–Trinajstić information content (AvgIpc) is 3.52. The Balaban J connectivity index is 1.25. The SMILES string of the molecule is CC1(O)CCC(Nc2cc(Nc3ccnc(-c4cnn(S(=O)(=O)C5CC5)c4)n3)ncc2-n2ccc(OC(F)F)n2)CC1. The number of anilines is 3. The van der Waals surface area contributed by atoms with Gasteiger partial charge in [0.25, 0.3) is 10.0 Å². The maximum absolute atomic E-state index is 12.7. The Bertz CT molecular complexity index is 1680. The predicted octanol–water partition coefficient (Wildman–Crippen LogP) is 3.71. The number of ether oxygens (including phenoxy) is 1. The van der Waals surface area contributed by atoms with E-state index in [1.54, 1.807) is 12.1 Å². The van der Waals surface area contributed by atoms with Crippen molar-refractivity contribution < 1.29 is 27.0 Å². The highest BCUT2D eigenvalue weighted by atomic mass is 32.2. The van der Waals surface area contributed by atoms with E-state index in [0.29, 0.717) is 54.3 Å². The summed E-state index contributed by atoms with van der Waals surface area (Å²) in [6.45, 7) is -1.18. The number of pyridine rings is 1. The minimum atomic E-state index is -3.52. The topological polar surface area (TPSA) is 162 Å². The summed E-state index contributed by atoms with van der Waals surface area (Å²) in [5.74, 6) is 0.888. The lowest BCUT2D eigenvalue weighted by molar-refractivity contribution is -0.0530. The molecule has 16 heteroatoms. The van der Waals surface area contributed by atoms with Crippen LogP contribution in [0, 0.1) is 0 Å². The van der Waals surface area contributed by atoms with Crippen LogP contribution < -0.4 is 15.4 Å². The Labute approximate surface area is 240 Å². The molecular formula is C26H29F2N9O4S. The second-order valence-electron chi connectivity index (χ2n) is 10.7. The van der Waals surface area contributed by atoms with Crippen LogP contribution in [-0.2, 0) is 10.0 Å². The van der Waals surface area contributed by atoms with Gasteiger partial charge in [0, 0.05) is 30.6 Å². The van der Waals surface area contributed by atoms with Crippen molar-refractivity contribution in [3.63, 3.8) is 0 Å². The van der Waals surface area contributed by atoms with E-state index < -0.39 is 27.5 Å². The monoisotopic (exact) mass is 601 g/mol. The van der Waals surface area contributed by atoms with Gasteiger partial charge in [0.1, 0.15) is 17.3 Å². The molecule has 42 heavy (non-hydrogen) atoms. The number of aliphatic hydroxyl groups is 1. The number of nitrogens with zero attached hydrogens (tertiary/aromatic N) is 7.